The Balaban J connectivity index is 1.34. The van der Waals surface area contributed by atoms with Crippen LogP contribution in [0.25, 0.3) is 0 Å². The van der Waals surface area contributed by atoms with Crippen molar-refractivity contribution in [3.63, 3.8) is 0 Å². The molecule has 45 heavy (non-hydrogen) atoms. The number of fused-ring (bicyclic) bond motifs is 1. The Morgan fingerprint density at radius 2 is 1.22 bits per heavy atom. The summed E-state index contributed by atoms with van der Waals surface area (Å²) < 4.78 is 44.3. The summed E-state index contributed by atoms with van der Waals surface area (Å²) in [5, 5.41) is 106. The lowest BCUT2D eigenvalue weighted by molar-refractivity contribution is -0.370. The lowest BCUT2D eigenvalue weighted by Gasteiger charge is -2.49. The number of carbonyl (C=O) groups is 1. The lowest BCUT2D eigenvalue weighted by Crippen LogP contribution is -2.69. The zero-order chi connectivity index (χ0) is 32.7. The number of ether oxygens (including phenoxy) is 8. The maximum Gasteiger partial charge on any atom is 0.217 e. The van der Waals surface area contributed by atoms with E-state index in [-0.39, 0.29) is 6.61 Å². The van der Waals surface area contributed by atoms with Crippen LogP contribution in [0, 0.1) is 0 Å². The third kappa shape index (κ3) is 7.13. The Morgan fingerprint density at radius 1 is 0.644 bits per heavy atom. The van der Waals surface area contributed by atoms with E-state index in [1.54, 1.807) is 0 Å². The van der Waals surface area contributed by atoms with Crippen LogP contribution < -0.4 is 5.32 Å². The van der Waals surface area contributed by atoms with Crippen molar-refractivity contribution in [3.05, 3.63) is 0 Å². The molecule has 20 heteroatoms. The maximum atomic E-state index is 12.1. The van der Waals surface area contributed by atoms with E-state index in [0.29, 0.717) is 0 Å². The van der Waals surface area contributed by atoms with E-state index < -0.39 is 142 Å². The van der Waals surface area contributed by atoms with E-state index in [9.17, 15) is 55.9 Å². The molecule has 0 aromatic carbocycles. The zero-order valence-electron chi connectivity index (χ0n) is 23.9. The van der Waals surface area contributed by atoms with Crippen molar-refractivity contribution in [1.82, 2.24) is 5.32 Å². The van der Waals surface area contributed by atoms with Gasteiger partial charge >= 0.3 is 0 Å². The molecule has 0 bridgehead atoms. The number of hydrogen-bond donors (Lipinski definition) is 11. The molecule has 20 nitrogen and oxygen atoms in total. The second kappa shape index (κ2) is 14.5. The van der Waals surface area contributed by atoms with Gasteiger partial charge in [-0.3, -0.25) is 4.79 Å². The molecule has 0 saturated carbocycles. The summed E-state index contributed by atoms with van der Waals surface area (Å²) >= 11 is 0. The van der Waals surface area contributed by atoms with Gasteiger partial charge in [-0.15, -0.1) is 0 Å². The quantitative estimate of drug-likeness (QED) is 0.0970. The van der Waals surface area contributed by atoms with Crippen LogP contribution in [0.2, 0.25) is 0 Å². The minimum atomic E-state index is -1.91. The molecule has 11 N–H and O–H groups in total. The first-order valence-corrected chi connectivity index (χ1v) is 14.5. The van der Waals surface area contributed by atoms with Gasteiger partial charge in [-0.25, -0.2) is 0 Å². The first-order valence-electron chi connectivity index (χ1n) is 14.5. The van der Waals surface area contributed by atoms with Gasteiger partial charge in [-0.1, -0.05) is 0 Å². The molecular weight excluding hydrogens is 618 g/mol. The Bertz CT molecular complexity index is 994. The molecular formula is C25H41NO19. The molecule has 0 spiro atoms. The molecule has 0 aromatic rings. The molecule has 5 heterocycles. The molecule has 0 aromatic heterocycles. The summed E-state index contributed by atoms with van der Waals surface area (Å²) in [6.45, 7) is -1.47. The highest BCUT2D eigenvalue weighted by Gasteiger charge is 2.59. The Morgan fingerprint density at radius 3 is 1.84 bits per heavy atom. The van der Waals surface area contributed by atoms with Gasteiger partial charge < -0.3 is 94.3 Å². The summed E-state index contributed by atoms with van der Waals surface area (Å²) in [4.78, 5) is 12.1. The van der Waals surface area contributed by atoms with E-state index in [0.717, 1.165) is 6.92 Å². The fourth-order valence-corrected chi connectivity index (χ4v) is 5.85. The van der Waals surface area contributed by atoms with Gasteiger partial charge in [0.05, 0.1) is 26.4 Å². The Hall–Kier alpha value is -1.25. The fourth-order valence-electron chi connectivity index (χ4n) is 5.85. The first-order chi connectivity index (χ1) is 21.4. The van der Waals surface area contributed by atoms with Crippen molar-refractivity contribution in [2.24, 2.45) is 0 Å². The summed E-state index contributed by atoms with van der Waals surface area (Å²) in [5.41, 5.74) is 0. The molecule has 5 aliphatic heterocycles. The predicted molar refractivity (Wildman–Crippen MR) is 136 cm³/mol. The third-order valence-corrected chi connectivity index (χ3v) is 8.39. The smallest absolute Gasteiger partial charge is 0.217 e. The number of hydrogen-bond acceptors (Lipinski definition) is 19. The minimum Gasteiger partial charge on any atom is -0.394 e. The average Bonchev–Trinajstić information content (AvgIpc) is 3.79. The number of aliphatic hydroxyl groups excluding tert-OH is 10. The molecule has 12 unspecified atom stereocenters. The average molecular weight is 660 g/mol. The van der Waals surface area contributed by atoms with Crippen LogP contribution in [0.15, 0.2) is 0 Å². The molecule has 1 amide bonds. The van der Waals surface area contributed by atoms with Crippen molar-refractivity contribution in [2.75, 3.05) is 26.4 Å². The SMILES string of the molecule is CC(=O)NC1C(O)[C@H](O[C@@H]2OC3O[C@@H]3C(O)C2O)C(CO)O[C@H]1OC1C(O)[C@H](O[C@@H]2C(CO)OCC(O)C2O)OC(CO)[C@@H]1O. The van der Waals surface area contributed by atoms with E-state index >= 15 is 0 Å². The van der Waals surface area contributed by atoms with Crippen molar-refractivity contribution >= 4 is 5.91 Å². The number of carbonyl (C=O) groups excluding carboxylic acids is 1. The van der Waals surface area contributed by atoms with Crippen LogP contribution in [0.4, 0.5) is 0 Å². The van der Waals surface area contributed by atoms with Crippen molar-refractivity contribution in [1.29, 1.82) is 0 Å². The van der Waals surface area contributed by atoms with Crippen LogP contribution in [0.1, 0.15) is 6.92 Å². The van der Waals surface area contributed by atoms with E-state index in [2.05, 4.69) is 5.32 Å². The monoisotopic (exact) mass is 659 g/mol. The largest absolute Gasteiger partial charge is 0.394 e. The molecule has 0 aliphatic carbocycles. The first kappa shape index (κ1) is 35.1. The van der Waals surface area contributed by atoms with E-state index in [1.165, 1.54) is 0 Å². The molecule has 5 rings (SSSR count). The van der Waals surface area contributed by atoms with Gasteiger partial charge in [0, 0.05) is 6.92 Å². The molecule has 5 aliphatic rings. The van der Waals surface area contributed by atoms with Crippen molar-refractivity contribution < 1.29 is 93.8 Å². The van der Waals surface area contributed by atoms with Gasteiger partial charge in [-0.2, -0.15) is 0 Å². The second-order valence-electron chi connectivity index (χ2n) is 11.5. The highest BCUT2D eigenvalue weighted by molar-refractivity contribution is 5.73. The Kier molecular flexibility index (Phi) is 11.3. The summed E-state index contributed by atoms with van der Waals surface area (Å²) in [6, 6.07) is -1.50. The number of nitrogens with one attached hydrogen (secondary N) is 1. The van der Waals surface area contributed by atoms with Crippen LogP contribution in [0.3, 0.4) is 0 Å². The standard InChI is InChI=1S/C25H41NO19/c1-6(30)26-11-14(34)19(42-23-16(36)15(35)21-25(44-21)45-23)10(4-29)40-22(11)43-20-13(33)8(2-27)39-24(17(20)37)41-18-9(3-28)38-5-7(31)12(18)32/h7-25,27-29,31-37H,2-5H2,1H3,(H,26,30)/t7?,8?,9?,10?,11?,12?,13-,14?,15?,16?,17?,18+,19+,20?,21+,22-,23+,24-,25?/m0/s1. The molecule has 5 saturated heterocycles. The van der Waals surface area contributed by atoms with Crippen LogP contribution >= 0.6 is 0 Å². The molecule has 260 valence electrons. The normalized spacial score (nSPS) is 51.8. The topological polar surface area (TPSA) is 309 Å². The predicted octanol–water partition coefficient (Wildman–Crippen LogP) is -7.92. The number of epoxide rings is 1. The second-order valence-corrected chi connectivity index (χ2v) is 11.5. The molecule has 19 atom stereocenters. The summed E-state index contributed by atoms with van der Waals surface area (Å²) in [5.74, 6) is -0.682. The van der Waals surface area contributed by atoms with Crippen molar-refractivity contribution in [3.8, 4) is 0 Å². The lowest BCUT2D eigenvalue weighted by atomic mass is 9.94. The number of aliphatic hydroxyl groups is 10. The number of amides is 1. The zero-order valence-corrected chi connectivity index (χ0v) is 23.9. The molecule has 5 fully saturated rings. The minimum absolute atomic E-state index is 0.312. The van der Waals surface area contributed by atoms with Crippen LogP contribution in [-0.2, 0) is 42.7 Å². The van der Waals surface area contributed by atoms with Gasteiger partial charge in [0.1, 0.15) is 91.5 Å². The van der Waals surface area contributed by atoms with Crippen molar-refractivity contribution in [2.45, 2.75) is 124 Å². The molecule has 0 radical (unpaired) electrons. The highest BCUT2D eigenvalue weighted by Crippen LogP contribution is 2.38. The third-order valence-electron chi connectivity index (χ3n) is 8.39. The summed E-state index contributed by atoms with van der Waals surface area (Å²) in [7, 11) is 0. The fraction of sp³-hybridized carbons (Fsp3) is 0.960. The van der Waals surface area contributed by atoms with E-state index in [1.807, 2.05) is 0 Å². The summed E-state index contributed by atoms with van der Waals surface area (Å²) in [6.07, 6.45) is -26.7. The van der Waals surface area contributed by atoms with Gasteiger partial charge in [-0.05, 0) is 0 Å². The van der Waals surface area contributed by atoms with Gasteiger partial charge in [0.15, 0.2) is 25.2 Å². The highest BCUT2D eigenvalue weighted by atomic mass is 16.8. The van der Waals surface area contributed by atoms with Gasteiger partial charge in [0.2, 0.25) is 5.91 Å². The maximum absolute atomic E-state index is 12.1. The van der Waals surface area contributed by atoms with Crippen LogP contribution in [-0.4, -0.2) is 200 Å². The van der Waals surface area contributed by atoms with Crippen LogP contribution in [0.5, 0.6) is 0 Å². The van der Waals surface area contributed by atoms with E-state index in [4.69, 9.17) is 37.9 Å². The number of rotatable bonds is 10. The Labute approximate surface area is 255 Å². The van der Waals surface area contributed by atoms with Gasteiger partial charge in [0.25, 0.3) is 0 Å².